The van der Waals surface area contributed by atoms with Gasteiger partial charge in [-0.1, -0.05) is 13.8 Å². The van der Waals surface area contributed by atoms with Crippen molar-refractivity contribution in [2.75, 3.05) is 0 Å². The van der Waals surface area contributed by atoms with Crippen LogP contribution in [0.5, 0.6) is 0 Å². The number of carbonyl (C=O) groups is 1. The highest BCUT2D eigenvalue weighted by atomic mass is 16.1. The summed E-state index contributed by atoms with van der Waals surface area (Å²) in [6, 6.07) is 0. The van der Waals surface area contributed by atoms with E-state index in [9.17, 15) is 4.79 Å². The van der Waals surface area contributed by atoms with Gasteiger partial charge in [-0.25, -0.2) is 0 Å². The van der Waals surface area contributed by atoms with Gasteiger partial charge in [-0.15, -0.1) is 0 Å². The van der Waals surface area contributed by atoms with Gasteiger partial charge in [0.15, 0.2) is 0 Å². The third-order valence-corrected chi connectivity index (χ3v) is 1.54. The van der Waals surface area contributed by atoms with Crippen molar-refractivity contribution >= 4 is 5.78 Å². The molecule has 34 valence electrons. The molecule has 1 aliphatic carbocycles. The Morgan fingerprint density at radius 1 is 1.33 bits per heavy atom. The first-order chi connectivity index (χ1) is 2.73. The Morgan fingerprint density at radius 3 is 1.50 bits per heavy atom. The van der Waals surface area contributed by atoms with Crippen LogP contribution < -0.4 is 0 Å². The largest absolute Gasteiger partial charge is 0.299 e. The van der Waals surface area contributed by atoms with Crippen LogP contribution in [-0.4, -0.2) is 5.78 Å². The predicted molar refractivity (Wildman–Crippen MR) is 23.3 cm³/mol. The summed E-state index contributed by atoms with van der Waals surface area (Å²) in [5.41, 5.74) is 0. The molecule has 0 aromatic carbocycles. The van der Waals surface area contributed by atoms with Gasteiger partial charge in [-0.05, 0) is 0 Å². The summed E-state index contributed by atoms with van der Waals surface area (Å²) in [6.07, 6.45) is 0. The molecule has 0 radical (unpaired) electrons. The Morgan fingerprint density at radius 2 is 1.50 bits per heavy atom. The maximum Gasteiger partial charge on any atom is 0.139 e. The van der Waals surface area contributed by atoms with E-state index in [1.54, 1.807) is 0 Å². The van der Waals surface area contributed by atoms with Gasteiger partial charge in [0, 0.05) is 11.8 Å². The second-order valence-corrected chi connectivity index (χ2v) is 1.98. The van der Waals surface area contributed by atoms with Gasteiger partial charge in [-0.2, -0.15) is 0 Å². The van der Waals surface area contributed by atoms with E-state index in [-0.39, 0.29) is 0 Å². The lowest BCUT2D eigenvalue weighted by Crippen LogP contribution is -1.61. The molecule has 0 aromatic heterocycles. The van der Waals surface area contributed by atoms with Crippen LogP contribution in [0.2, 0.25) is 0 Å². The maximum atomic E-state index is 10.2. The summed E-state index contributed by atoms with van der Waals surface area (Å²) in [6.45, 7) is 3.93. The van der Waals surface area contributed by atoms with Crippen LogP contribution in [0.15, 0.2) is 0 Å². The Labute approximate surface area is 37.4 Å². The van der Waals surface area contributed by atoms with Crippen molar-refractivity contribution in [2.45, 2.75) is 13.8 Å². The lowest BCUT2D eigenvalue weighted by atomic mass is 10.4. The highest BCUT2D eigenvalue weighted by molar-refractivity contribution is 5.98. The standard InChI is InChI=1S/C5H8O/c1-3-4(2)5(3)6/h3-4H,1-2H3/t3-,4+. The summed E-state index contributed by atoms with van der Waals surface area (Å²) < 4.78 is 0. The van der Waals surface area contributed by atoms with E-state index in [1.807, 2.05) is 13.8 Å². The van der Waals surface area contributed by atoms with Gasteiger partial charge in [0.05, 0.1) is 0 Å². The van der Waals surface area contributed by atoms with Crippen molar-refractivity contribution < 1.29 is 4.79 Å². The van der Waals surface area contributed by atoms with E-state index in [0.29, 0.717) is 17.6 Å². The SMILES string of the molecule is C[C@@H]1C(=O)[C@@H]1C. The number of rotatable bonds is 0. The first-order valence-electron chi connectivity index (χ1n) is 2.27. The molecule has 1 saturated carbocycles. The number of hydrogen-bond donors (Lipinski definition) is 0. The molecule has 0 amide bonds. The highest BCUT2D eigenvalue weighted by Gasteiger charge is 2.40. The normalized spacial score (nSPS) is 43.3. The fraction of sp³-hybridized carbons (Fsp3) is 0.800. The molecule has 0 unspecified atom stereocenters. The minimum atomic E-state index is 0.380. The molecule has 0 spiro atoms. The van der Waals surface area contributed by atoms with E-state index in [2.05, 4.69) is 0 Å². The Balaban J connectivity index is 2.51. The Hall–Kier alpha value is -0.330. The van der Waals surface area contributed by atoms with Crippen LogP contribution in [0.25, 0.3) is 0 Å². The zero-order valence-electron chi connectivity index (χ0n) is 4.06. The zero-order chi connectivity index (χ0) is 4.73. The minimum Gasteiger partial charge on any atom is -0.299 e. The molecule has 1 rings (SSSR count). The molecule has 1 aliphatic rings. The molecule has 1 fully saturated rings. The van der Waals surface area contributed by atoms with Crippen LogP contribution in [0.4, 0.5) is 0 Å². The fourth-order valence-electron chi connectivity index (χ4n) is 0.529. The zero-order valence-corrected chi connectivity index (χ0v) is 4.06. The average molecular weight is 84.1 g/mol. The molecule has 1 heteroatoms. The maximum absolute atomic E-state index is 10.2. The number of carbonyl (C=O) groups excluding carboxylic acids is 1. The summed E-state index contributed by atoms with van der Waals surface area (Å²) in [5.74, 6) is 1.19. The number of hydrogen-bond acceptors (Lipinski definition) is 1. The topological polar surface area (TPSA) is 17.1 Å². The molecule has 0 N–H and O–H groups in total. The van der Waals surface area contributed by atoms with Crippen molar-refractivity contribution in [1.82, 2.24) is 0 Å². The van der Waals surface area contributed by atoms with Gasteiger partial charge < -0.3 is 0 Å². The lowest BCUT2D eigenvalue weighted by molar-refractivity contribution is -0.111. The summed E-state index contributed by atoms with van der Waals surface area (Å²) in [4.78, 5) is 10.2. The number of ketones is 1. The molecule has 0 heterocycles. The van der Waals surface area contributed by atoms with Gasteiger partial charge in [0.25, 0.3) is 0 Å². The molecule has 2 atom stereocenters. The number of Topliss-reactive ketones (excluding diaryl/α,β-unsaturated/α-hetero) is 1. The van der Waals surface area contributed by atoms with Crippen molar-refractivity contribution in [3.05, 3.63) is 0 Å². The van der Waals surface area contributed by atoms with Gasteiger partial charge in [0.2, 0.25) is 0 Å². The Bertz CT molecular complexity index is 75.9. The van der Waals surface area contributed by atoms with E-state index in [4.69, 9.17) is 0 Å². The average Bonchev–Trinajstić information content (AvgIpc) is 1.94. The van der Waals surface area contributed by atoms with E-state index in [0.717, 1.165) is 0 Å². The summed E-state index contributed by atoms with van der Waals surface area (Å²) in [5, 5.41) is 0. The van der Waals surface area contributed by atoms with E-state index < -0.39 is 0 Å². The van der Waals surface area contributed by atoms with Crippen LogP contribution in [-0.2, 0) is 4.79 Å². The summed E-state index contributed by atoms with van der Waals surface area (Å²) >= 11 is 0. The molecule has 6 heavy (non-hydrogen) atoms. The van der Waals surface area contributed by atoms with Crippen molar-refractivity contribution in [3.63, 3.8) is 0 Å². The minimum absolute atomic E-state index is 0.380. The molecule has 0 bridgehead atoms. The van der Waals surface area contributed by atoms with Crippen LogP contribution in [0, 0.1) is 11.8 Å². The quantitative estimate of drug-likeness (QED) is 0.425. The second-order valence-electron chi connectivity index (χ2n) is 1.98. The van der Waals surface area contributed by atoms with Crippen molar-refractivity contribution in [3.8, 4) is 0 Å². The lowest BCUT2D eigenvalue weighted by Gasteiger charge is -1.62. The molecule has 0 aliphatic heterocycles. The van der Waals surface area contributed by atoms with E-state index in [1.165, 1.54) is 0 Å². The van der Waals surface area contributed by atoms with Gasteiger partial charge >= 0.3 is 0 Å². The molecular weight excluding hydrogens is 76.1 g/mol. The molecule has 0 saturated heterocycles. The van der Waals surface area contributed by atoms with E-state index >= 15 is 0 Å². The summed E-state index contributed by atoms with van der Waals surface area (Å²) in [7, 11) is 0. The third-order valence-electron chi connectivity index (χ3n) is 1.54. The first kappa shape index (κ1) is 3.85. The van der Waals surface area contributed by atoms with Crippen molar-refractivity contribution in [1.29, 1.82) is 0 Å². The monoisotopic (exact) mass is 84.1 g/mol. The van der Waals surface area contributed by atoms with Crippen LogP contribution >= 0.6 is 0 Å². The third kappa shape index (κ3) is 0.280. The first-order valence-corrected chi connectivity index (χ1v) is 2.27. The molecular formula is C5H8O. The predicted octanol–water partition coefficient (Wildman–Crippen LogP) is 0.841. The fourth-order valence-corrected chi connectivity index (χ4v) is 0.529. The second kappa shape index (κ2) is 0.837. The smallest absolute Gasteiger partial charge is 0.139 e. The van der Waals surface area contributed by atoms with Crippen LogP contribution in [0.1, 0.15) is 13.8 Å². The Kier molecular flexibility index (Phi) is 0.536. The van der Waals surface area contributed by atoms with Gasteiger partial charge in [0.1, 0.15) is 5.78 Å². The van der Waals surface area contributed by atoms with Gasteiger partial charge in [-0.3, -0.25) is 4.79 Å². The molecule has 1 nitrogen and oxygen atoms in total. The molecule has 0 aromatic rings. The highest BCUT2D eigenvalue weighted by Crippen LogP contribution is 2.31. The van der Waals surface area contributed by atoms with Crippen molar-refractivity contribution in [2.24, 2.45) is 11.8 Å². The van der Waals surface area contributed by atoms with Crippen LogP contribution in [0.3, 0.4) is 0 Å².